The van der Waals surface area contributed by atoms with Gasteiger partial charge in [0.15, 0.2) is 5.78 Å². The van der Waals surface area contributed by atoms with Crippen molar-refractivity contribution >= 4 is 5.78 Å². The summed E-state index contributed by atoms with van der Waals surface area (Å²) in [5, 5.41) is 0. The number of hydrogen-bond acceptors (Lipinski definition) is 2. The Hall–Kier alpha value is -1.52. The Labute approximate surface area is 84.7 Å². The molecule has 0 N–H and O–H groups in total. The van der Waals surface area contributed by atoms with Crippen LogP contribution >= 0.6 is 0 Å². The Morgan fingerprint density at radius 1 is 1.47 bits per heavy atom. The first-order valence-electron chi connectivity index (χ1n) is 4.22. The molecule has 0 fully saturated rings. The molecule has 1 aromatic rings. The minimum atomic E-state index is -2.66. The summed E-state index contributed by atoms with van der Waals surface area (Å²) in [6.45, 7) is 0.289. The monoisotopic (exact) mass is 218 g/mol. The van der Waals surface area contributed by atoms with Crippen LogP contribution in [-0.2, 0) is 0 Å². The highest BCUT2D eigenvalue weighted by Crippen LogP contribution is 2.22. The molecule has 0 radical (unpaired) electrons. The molecule has 82 valence electrons. The molecule has 0 heterocycles. The van der Waals surface area contributed by atoms with Crippen molar-refractivity contribution < 1.29 is 22.7 Å². The molecule has 5 heteroatoms. The van der Waals surface area contributed by atoms with Crippen LogP contribution in [0, 0.1) is 5.82 Å². The summed E-state index contributed by atoms with van der Waals surface area (Å²) in [4.78, 5) is 11.0. The molecule has 0 bridgehead atoms. The molecule has 0 spiro atoms. The zero-order chi connectivity index (χ0) is 11.4. The molecular formula is C10H9F3O2. The zero-order valence-corrected chi connectivity index (χ0v) is 7.97. The molecule has 0 atom stereocenters. The number of ether oxygens (including phenoxy) is 1. The second-order valence-corrected chi connectivity index (χ2v) is 2.87. The smallest absolute Gasteiger partial charge is 0.272 e. The minimum absolute atomic E-state index is 0.150. The Morgan fingerprint density at radius 2 is 2.13 bits per heavy atom. The van der Waals surface area contributed by atoms with Crippen molar-refractivity contribution in [3.05, 3.63) is 29.6 Å². The number of benzene rings is 1. The molecule has 0 aliphatic carbocycles. The van der Waals surface area contributed by atoms with Crippen molar-refractivity contribution in [2.75, 3.05) is 6.61 Å². The van der Waals surface area contributed by atoms with E-state index in [2.05, 4.69) is 4.74 Å². The van der Waals surface area contributed by atoms with Crippen molar-refractivity contribution in [2.45, 2.75) is 13.3 Å². The molecule has 15 heavy (non-hydrogen) atoms. The van der Waals surface area contributed by atoms with Gasteiger partial charge < -0.3 is 4.74 Å². The fourth-order valence-corrected chi connectivity index (χ4v) is 1.12. The van der Waals surface area contributed by atoms with E-state index < -0.39 is 24.6 Å². The minimum Gasteiger partial charge on any atom is -0.487 e. The van der Waals surface area contributed by atoms with Crippen LogP contribution in [0.15, 0.2) is 18.2 Å². The molecule has 0 aliphatic rings. The van der Waals surface area contributed by atoms with Crippen LogP contribution in [0.4, 0.5) is 13.2 Å². The SMILES string of the molecule is CC(=O)c1c(F)cccc1OCC(F)F. The highest BCUT2D eigenvalue weighted by molar-refractivity contribution is 5.97. The van der Waals surface area contributed by atoms with E-state index in [1.54, 1.807) is 0 Å². The van der Waals surface area contributed by atoms with Gasteiger partial charge in [0.05, 0.1) is 5.56 Å². The maximum Gasteiger partial charge on any atom is 0.272 e. The number of Topliss-reactive ketones (excluding diaryl/α,β-unsaturated/α-hetero) is 1. The molecule has 2 nitrogen and oxygen atoms in total. The predicted octanol–water partition coefficient (Wildman–Crippen LogP) is 2.67. The first kappa shape index (κ1) is 11.6. The van der Waals surface area contributed by atoms with E-state index in [1.165, 1.54) is 12.1 Å². The van der Waals surface area contributed by atoms with Gasteiger partial charge in [0.2, 0.25) is 0 Å². The first-order chi connectivity index (χ1) is 7.02. The summed E-state index contributed by atoms with van der Waals surface area (Å²) >= 11 is 0. The van der Waals surface area contributed by atoms with Crippen molar-refractivity contribution in [3.8, 4) is 5.75 Å². The van der Waals surface area contributed by atoms with Crippen molar-refractivity contribution in [1.82, 2.24) is 0 Å². The van der Waals surface area contributed by atoms with Crippen LogP contribution in [0.25, 0.3) is 0 Å². The van der Waals surface area contributed by atoms with Crippen LogP contribution in [0.2, 0.25) is 0 Å². The fraction of sp³-hybridized carbons (Fsp3) is 0.300. The van der Waals surface area contributed by atoms with Crippen molar-refractivity contribution in [2.24, 2.45) is 0 Å². The molecule has 0 amide bonds. The lowest BCUT2D eigenvalue weighted by molar-refractivity contribution is 0.0799. The average molecular weight is 218 g/mol. The maximum absolute atomic E-state index is 13.1. The van der Waals surface area contributed by atoms with Gasteiger partial charge in [-0.3, -0.25) is 4.79 Å². The summed E-state index contributed by atoms with van der Waals surface area (Å²) < 4.78 is 41.5. The fourth-order valence-electron chi connectivity index (χ4n) is 1.12. The normalized spacial score (nSPS) is 10.5. The number of rotatable bonds is 4. The van der Waals surface area contributed by atoms with E-state index in [1.807, 2.05) is 0 Å². The Kier molecular flexibility index (Phi) is 3.71. The number of alkyl halides is 2. The number of ketones is 1. The van der Waals surface area contributed by atoms with E-state index in [0.29, 0.717) is 0 Å². The second kappa shape index (κ2) is 4.82. The van der Waals surface area contributed by atoms with Gasteiger partial charge in [-0.05, 0) is 19.1 Å². The largest absolute Gasteiger partial charge is 0.487 e. The van der Waals surface area contributed by atoms with E-state index in [4.69, 9.17) is 0 Å². The molecule has 1 rings (SSSR count). The van der Waals surface area contributed by atoms with Crippen LogP contribution < -0.4 is 4.74 Å². The lowest BCUT2D eigenvalue weighted by Gasteiger charge is -2.09. The van der Waals surface area contributed by atoms with Crippen molar-refractivity contribution in [1.29, 1.82) is 0 Å². The van der Waals surface area contributed by atoms with Crippen LogP contribution in [0.3, 0.4) is 0 Å². The third-order valence-electron chi connectivity index (χ3n) is 1.69. The molecule has 0 saturated carbocycles. The second-order valence-electron chi connectivity index (χ2n) is 2.87. The average Bonchev–Trinajstić information content (AvgIpc) is 2.13. The third kappa shape index (κ3) is 2.97. The van der Waals surface area contributed by atoms with Crippen LogP contribution in [0.5, 0.6) is 5.75 Å². The summed E-state index contributed by atoms with van der Waals surface area (Å²) in [7, 11) is 0. The molecule has 0 saturated heterocycles. The quantitative estimate of drug-likeness (QED) is 0.726. The number of carbonyl (C=O) groups excluding carboxylic acids is 1. The third-order valence-corrected chi connectivity index (χ3v) is 1.69. The number of halogens is 3. The van der Waals surface area contributed by atoms with Gasteiger partial charge in [-0.25, -0.2) is 13.2 Å². The molecular weight excluding hydrogens is 209 g/mol. The van der Waals surface area contributed by atoms with Crippen LogP contribution in [-0.4, -0.2) is 18.8 Å². The number of hydrogen-bond donors (Lipinski definition) is 0. The van der Waals surface area contributed by atoms with E-state index in [9.17, 15) is 18.0 Å². The van der Waals surface area contributed by atoms with Gasteiger partial charge in [0, 0.05) is 0 Å². The topological polar surface area (TPSA) is 26.3 Å². The number of carbonyl (C=O) groups is 1. The summed E-state index contributed by atoms with van der Waals surface area (Å²) in [5.74, 6) is -1.48. The highest BCUT2D eigenvalue weighted by Gasteiger charge is 2.15. The van der Waals surface area contributed by atoms with Gasteiger partial charge in [-0.1, -0.05) is 6.07 Å². The summed E-state index contributed by atoms with van der Waals surface area (Å²) in [6, 6.07) is 3.65. The van der Waals surface area contributed by atoms with Crippen molar-refractivity contribution in [3.63, 3.8) is 0 Å². The van der Waals surface area contributed by atoms with E-state index >= 15 is 0 Å². The van der Waals surface area contributed by atoms with Gasteiger partial charge >= 0.3 is 0 Å². The lowest BCUT2D eigenvalue weighted by Crippen LogP contribution is -2.10. The molecule has 0 aromatic heterocycles. The van der Waals surface area contributed by atoms with Gasteiger partial charge in [0.1, 0.15) is 18.2 Å². The highest BCUT2D eigenvalue weighted by atomic mass is 19.3. The van der Waals surface area contributed by atoms with Gasteiger partial charge in [-0.2, -0.15) is 0 Å². The standard InChI is InChI=1S/C10H9F3O2/c1-6(14)10-7(11)3-2-4-8(10)15-5-9(12)13/h2-4,9H,5H2,1H3. The summed E-state index contributed by atoms with van der Waals surface area (Å²) in [6.07, 6.45) is -2.66. The maximum atomic E-state index is 13.1. The van der Waals surface area contributed by atoms with E-state index in [-0.39, 0.29) is 11.3 Å². The zero-order valence-electron chi connectivity index (χ0n) is 7.97. The Morgan fingerprint density at radius 3 is 2.67 bits per heavy atom. The van der Waals surface area contributed by atoms with Gasteiger partial charge in [-0.15, -0.1) is 0 Å². The Balaban J connectivity index is 2.96. The van der Waals surface area contributed by atoms with E-state index in [0.717, 1.165) is 13.0 Å². The molecule has 0 aliphatic heterocycles. The molecule has 0 unspecified atom stereocenters. The molecule has 1 aromatic carbocycles. The summed E-state index contributed by atoms with van der Waals surface area (Å²) in [5.41, 5.74) is -0.293. The predicted molar refractivity (Wildman–Crippen MR) is 47.9 cm³/mol. The van der Waals surface area contributed by atoms with Gasteiger partial charge in [0.25, 0.3) is 6.43 Å². The Bertz CT molecular complexity index is 364. The lowest BCUT2D eigenvalue weighted by atomic mass is 10.1. The first-order valence-corrected chi connectivity index (χ1v) is 4.22. The van der Waals surface area contributed by atoms with Crippen LogP contribution in [0.1, 0.15) is 17.3 Å².